The number of carbonyl (C=O) groups excluding carboxylic acids is 1. The highest BCUT2D eigenvalue weighted by Crippen LogP contribution is 2.43. The zero-order chi connectivity index (χ0) is 10.7. The molecule has 86 valence electrons. The molecule has 1 unspecified atom stereocenters. The first kappa shape index (κ1) is 10.9. The van der Waals surface area contributed by atoms with Gasteiger partial charge in [-0.15, -0.1) is 0 Å². The minimum Gasteiger partial charge on any atom is -0.354 e. The summed E-state index contributed by atoms with van der Waals surface area (Å²) in [4.78, 5) is 11.1. The van der Waals surface area contributed by atoms with Crippen LogP contribution in [0.15, 0.2) is 0 Å². The Bertz CT molecular complexity index is 228. The maximum atomic E-state index is 11.1. The van der Waals surface area contributed by atoms with Crippen molar-refractivity contribution >= 4 is 5.91 Å². The fourth-order valence-electron chi connectivity index (χ4n) is 3.27. The van der Waals surface area contributed by atoms with Crippen LogP contribution in [0, 0.1) is 5.41 Å². The summed E-state index contributed by atoms with van der Waals surface area (Å²) in [5.74, 6) is 0.131. The standard InChI is InChI=1S/C12H22N2O/c1-10(15)14-11-3-2-4-12(9-11)5-7-13-8-6-12/h11,13H,2-9H2,1H3,(H,14,15). The Morgan fingerprint density at radius 3 is 2.73 bits per heavy atom. The third kappa shape index (κ3) is 2.71. The van der Waals surface area contributed by atoms with Gasteiger partial charge >= 0.3 is 0 Å². The Morgan fingerprint density at radius 2 is 2.07 bits per heavy atom. The normalized spacial score (nSPS) is 30.1. The van der Waals surface area contributed by atoms with Crippen LogP contribution in [0.1, 0.15) is 45.4 Å². The predicted molar refractivity (Wildman–Crippen MR) is 60.6 cm³/mol. The summed E-state index contributed by atoms with van der Waals surface area (Å²) in [6.07, 6.45) is 7.62. The highest BCUT2D eigenvalue weighted by atomic mass is 16.1. The number of amides is 1. The van der Waals surface area contributed by atoms with E-state index in [4.69, 9.17) is 0 Å². The molecule has 0 bridgehead atoms. The topological polar surface area (TPSA) is 41.1 Å². The number of carbonyl (C=O) groups is 1. The zero-order valence-corrected chi connectivity index (χ0v) is 9.64. The van der Waals surface area contributed by atoms with Gasteiger partial charge < -0.3 is 10.6 Å². The number of nitrogens with one attached hydrogen (secondary N) is 2. The highest BCUT2D eigenvalue weighted by molar-refractivity contribution is 5.73. The average molecular weight is 210 g/mol. The second kappa shape index (κ2) is 4.52. The minimum atomic E-state index is 0.131. The molecule has 15 heavy (non-hydrogen) atoms. The molecule has 3 heteroatoms. The van der Waals surface area contributed by atoms with Crippen molar-refractivity contribution in [1.29, 1.82) is 0 Å². The van der Waals surface area contributed by atoms with Crippen molar-refractivity contribution in [3.63, 3.8) is 0 Å². The monoisotopic (exact) mass is 210 g/mol. The lowest BCUT2D eigenvalue weighted by molar-refractivity contribution is -0.120. The molecule has 3 nitrogen and oxygen atoms in total. The van der Waals surface area contributed by atoms with Gasteiger partial charge in [0.25, 0.3) is 0 Å². The zero-order valence-electron chi connectivity index (χ0n) is 9.64. The van der Waals surface area contributed by atoms with Crippen molar-refractivity contribution in [3.8, 4) is 0 Å². The molecule has 1 aliphatic heterocycles. The van der Waals surface area contributed by atoms with E-state index in [0.717, 1.165) is 13.1 Å². The van der Waals surface area contributed by atoms with Gasteiger partial charge in [0.05, 0.1) is 0 Å². The van der Waals surface area contributed by atoms with Crippen molar-refractivity contribution in [3.05, 3.63) is 0 Å². The van der Waals surface area contributed by atoms with E-state index >= 15 is 0 Å². The Labute approximate surface area is 92.0 Å². The minimum absolute atomic E-state index is 0.131. The van der Waals surface area contributed by atoms with E-state index in [1.54, 1.807) is 6.92 Å². The summed E-state index contributed by atoms with van der Waals surface area (Å²) in [6, 6.07) is 0.439. The number of hydrogen-bond donors (Lipinski definition) is 2. The van der Waals surface area contributed by atoms with Crippen LogP contribution in [0.2, 0.25) is 0 Å². The van der Waals surface area contributed by atoms with Crippen LogP contribution >= 0.6 is 0 Å². The molecule has 0 aromatic rings. The maximum absolute atomic E-state index is 11.1. The van der Waals surface area contributed by atoms with Crippen LogP contribution in [0.3, 0.4) is 0 Å². The first-order valence-corrected chi connectivity index (χ1v) is 6.18. The molecular weight excluding hydrogens is 188 g/mol. The molecule has 1 heterocycles. The lowest BCUT2D eigenvalue weighted by Gasteiger charge is -2.44. The van der Waals surface area contributed by atoms with Gasteiger partial charge in [0.15, 0.2) is 0 Å². The Balaban J connectivity index is 1.93. The van der Waals surface area contributed by atoms with Crippen LogP contribution in [0.5, 0.6) is 0 Å². The van der Waals surface area contributed by atoms with Crippen molar-refractivity contribution in [2.75, 3.05) is 13.1 Å². The molecule has 0 radical (unpaired) electrons. The van der Waals surface area contributed by atoms with Crippen LogP contribution in [-0.4, -0.2) is 25.0 Å². The van der Waals surface area contributed by atoms with E-state index in [-0.39, 0.29) is 5.91 Å². The molecule has 0 aromatic heterocycles. The summed E-state index contributed by atoms with van der Waals surface area (Å²) in [5, 5.41) is 6.52. The van der Waals surface area contributed by atoms with Gasteiger partial charge in [-0.3, -0.25) is 4.79 Å². The summed E-state index contributed by atoms with van der Waals surface area (Å²) in [5.41, 5.74) is 0.538. The third-order valence-electron chi connectivity index (χ3n) is 4.01. The van der Waals surface area contributed by atoms with Crippen molar-refractivity contribution in [2.24, 2.45) is 5.41 Å². The molecule has 1 saturated carbocycles. The number of rotatable bonds is 1. The summed E-state index contributed by atoms with van der Waals surface area (Å²) in [7, 11) is 0. The molecule has 2 N–H and O–H groups in total. The molecular formula is C12H22N2O. The average Bonchev–Trinajstić information content (AvgIpc) is 2.17. The first-order valence-electron chi connectivity index (χ1n) is 6.18. The molecule has 1 aliphatic carbocycles. The van der Waals surface area contributed by atoms with Crippen LogP contribution < -0.4 is 10.6 Å². The summed E-state index contributed by atoms with van der Waals surface area (Å²) < 4.78 is 0. The van der Waals surface area contributed by atoms with Crippen LogP contribution in [-0.2, 0) is 4.79 Å². The SMILES string of the molecule is CC(=O)NC1CCCC2(CCNCC2)C1. The predicted octanol–water partition coefficient (Wildman–Crippen LogP) is 1.43. The molecule has 2 fully saturated rings. The van der Waals surface area contributed by atoms with Crippen LogP contribution in [0.25, 0.3) is 0 Å². The number of hydrogen-bond acceptors (Lipinski definition) is 2. The lowest BCUT2D eigenvalue weighted by atomic mass is 9.67. The quantitative estimate of drug-likeness (QED) is 0.687. The summed E-state index contributed by atoms with van der Waals surface area (Å²) >= 11 is 0. The molecule has 1 spiro atoms. The van der Waals surface area contributed by atoms with E-state index in [0.29, 0.717) is 11.5 Å². The van der Waals surface area contributed by atoms with Gasteiger partial charge in [0, 0.05) is 13.0 Å². The van der Waals surface area contributed by atoms with E-state index < -0.39 is 0 Å². The van der Waals surface area contributed by atoms with Gasteiger partial charge in [-0.25, -0.2) is 0 Å². The smallest absolute Gasteiger partial charge is 0.217 e. The second-order valence-corrected chi connectivity index (χ2v) is 5.24. The summed E-state index contributed by atoms with van der Waals surface area (Å²) in [6.45, 7) is 3.95. The molecule has 2 rings (SSSR count). The van der Waals surface area contributed by atoms with E-state index in [9.17, 15) is 4.79 Å². The number of piperidine rings is 1. The molecule has 0 aromatic carbocycles. The van der Waals surface area contributed by atoms with E-state index in [1.165, 1.54) is 38.5 Å². The van der Waals surface area contributed by atoms with E-state index in [2.05, 4.69) is 10.6 Å². The first-order chi connectivity index (χ1) is 7.20. The second-order valence-electron chi connectivity index (χ2n) is 5.24. The fourth-order valence-corrected chi connectivity index (χ4v) is 3.27. The lowest BCUT2D eigenvalue weighted by Crippen LogP contribution is -2.46. The maximum Gasteiger partial charge on any atom is 0.217 e. The van der Waals surface area contributed by atoms with Gasteiger partial charge in [0.1, 0.15) is 0 Å². The largest absolute Gasteiger partial charge is 0.354 e. The van der Waals surface area contributed by atoms with Crippen molar-refractivity contribution < 1.29 is 4.79 Å². The molecule has 2 aliphatic rings. The Kier molecular flexibility index (Phi) is 3.29. The van der Waals surface area contributed by atoms with E-state index in [1.807, 2.05) is 0 Å². The Hall–Kier alpha value is -0.570. The van der Waals surface area contributed by atoms with Gasteiger partial charge in [-0.2, -0.15) is 0 Å². The van der Waals surface area contributed by atoms with Crippen molar-refractivity contribution in [1.82, 2.24) is 10.6 Å². The molecule has 1 amide bonds. The van der Waals surface area contributed by atoms with Gasteiger partial charge in [0.2, 0.25) is 5.91 Å². The van der Waals surface area contributed by atoms with Gasteiger partial charge in [-0.05, 0) is 50.6 Å². The third-order valence-corrected chi connectivity index (χ3v) is 4.01. The Morgan fingerprint density at radius 1 is 1.33 bits per heavy atom. The molecule has 1 saturated heterocycles. The van der Waals surface area contributed by atoms with Crippen LogP contribution in [0.4, 0.5) is 0 Å². The molecule has 1 atom stereocenters. The highest BCUT2D eigenvalue weighted by Gasteiger charge is 2.37. The van der Waals surface area contributed by atoms with Gasteiger partial charge in [-0.1, -0.05) is 6.42 Å². The van der Waals surface area contributed by atoms with Crippen molar-refractivity contribution in [2.45, 2.75) is 51.5 Å². The fraction of sp³-hybridized carbons (Fsp3) is 0.917.